The van der Waals surface area contributed by atoms with Gasteiger partial charge in [0.2, 0.25) is 5.88 Å². The number of hydrogen-bond donors (Lipinski definition) is 1. The van der Waals surface area contributed by atoms with Gasteiger partial charge in [0.1, 0.15) is 6.10 Å². The van der Waals surface area contributed by atoms with Gasteiger partial charge in [-0.05, 0) is 30.5 Å². The summed E-state index contributed by atoms with van der Waals surface area (Å²) in [5.41, 5.74) is 2.43. The zero-order chi connectivity index (χ0) is 13.9. The lowest BCUT2D eigenvalue weighted by atomic mass is 10.1. The van der Waals surface area contributed by atoms with E-state index in [9.17, 15) is 4.79 Å². The zero-order valence-corrected chi connectivity index (χ0v) is 10.8. The summed E-state index contributed by atoms with van der Waals surface area (Å²) in [4.78, 5) is 19.0. The van der Waals surface area contributed by atoms with Gasteiger partial charge in [-0.3, -0.25) is 9.78 Å². The van der Waals surface area contributed by atoms with E-state index in [2.05, 4.69) is 9.97 Å². The molecule has 0 amide bonds. The lowest BCUT2D eigenvalue weighted by Crippen LogP contribution is -2.00. The van der Waals surface area contributed by atoms with Gasteiger partial charge in [-0.15, -0.1) is 0 Å². The number of aliphatic carboxylic acids is 1. The Hall–Kier alpha value is -2.43. The second-order valence-corrected chi connectivity index (χ2v) is 4.85. The largest absolute Gasteiger partial charge is 0.481 e. The topological polar surface area (TPSA) is 72.3 Å². The summed E-state index contributed by atoms with van der Waals surface area (Å²) in [6, 6.07) is 5.56. The predicted molar refractivity (Wildman–Crippen MR) is 72.5 cm³/mol. The average molecular weight is 270 g/mol. The van der Waals surface area contributed by atoms with E-state index < -0.39 is 5.97 Å². The molecule has 0 saturated heterocycles. The summed E-state index contributed by atoms with van der Waals surface area (Å²) < 4.78 is 5.59. The second-order valence-electron chi connectivity index (χ2n) is 4.85. The number of carbonyl (C=O) groups is 1. The summed E-state index contributed by atoms with van der Waals surface area (Å²) in [7, 11) is 0. The number of rotatable bonds is 5. The maximum absolute atomic E-state index is 10.7. The number of carboxylic acid groups (broad SMARTS) is 1. The highest BCUT2D eigenvalue weighted by atomic mass is 16.5. The Bertz CT molecular complexity index is 621. The molecule has 0 aliphatic heterocycles. The van der Waals surface area contributed by atoms with Gasteiger partial charge in [0.15, 0.2) is 0 Å². The van der Waals surface area contributed by atoms with Crippen LogP contribution >= 0.6 is 0 Å². The Balaban J connectivity index is 1.78. The van der Waals surface area contributed by atoms with E-state index in [1.807, 2.05) is 18.2 Å². The first kappa shape index (κ1) is 12.6. The molecule has 0 bridgehead atoms. The van der Waals surface area contributed by atoms with Crippen molar-refractivity contribution >= 4 is 5.97 Å². The van der Waals surface area contributed by atoms with Crippen LogP contribution in [0, 0.1) is 0 Å². The van der Waals surface area contributed by atoms with E-state index in [0.29, 0.717) is 17.5 Å². The standard InChI is InChI=1S/C15H14N2O3/c18-15(19)6-10-5-12(8-16-7-10)11-1-4-14(17-9-11)20-13-2-3-13/h1,4-5,7-9,13H,2-3,6H2,(H,18,19). The van der Waals surface area contributed by atoms with Crippen molar-refractivity contribution in [2.75, 3.05) is 0 Å². The Kier molecular flexibility index (Phi) is 3.33. The molecule has 1 aliphatic rings. The fourth-order valence-electron chi connectivity index (χ4n) is 1.89. The van der Waals surface area contributed by atoms with Gasteiger partial charge in [0.05, 0.1) is 6.42 Å². The van der Waals surface area contributed by atoms with Gasteiger partial charge >= 0.3 is 5.97 Å². The van der Waals surface area contributed by atoms with Gasteiger partial charge in [-0.25, -0.2) is 4.98 Å². The minimum atomic E-state index is -0.866. The lowest BCUT2D eigenvalue weighted by molar-refractivity contribution is -0.136. The molecule has 1 fully saturated rings. The Labute approximate surface area is 116 Å². The van der Waals surface area contributed by atoms with Crippen LogP contribution in [0.2, 0.25) is 0 Å². The van der Waals surface area contributed by atoms with Crippen LogP contribution in [0.15, 0.2) is 36.8 Å². The molecule has 20 heavy (non-hydrogen) atoms. The fraction of sp³-hybridized carbons (Fsp3) is 0.267. The van der Waals surface area contributed by atoms with Crippen molar-refractivity contribution in [2.24, 2.45) is 0 Å². The molecule has 2 aromatic heterocycles. The normalized spacial score (nSPS) is 14.0. The highest BCUT2D eigenvalue weighted by Crippen LogP contribution is 2.27. The van der Waals surface area contributed by atoms with Crippen LogP contribution in [0.1, 0.15) is 18.4 Å². The van der Waals surface area contributed by atoms with Gasteiger partial charge in [0.25, 0.3) is 0 Å². The predicted octanol–water partition coefficient (Wildman–Crippen LogP) is 2.31. The van der Waals surface area contributed by atoms with Gasteiger partial charge in [-0.1, -0.05) is 0 Å². The third kappa shape index (κ3) is 3.12. The Morgan fingerprint density at radius 1 is 1.25 bits per heavy atom. The number of ether oxygens (including phenoxy) is 1. The van der Waals surface area contributed by atoms with Crippen LogP contribution in [0.3, 0.4) is 0 Å². The molecule has 102 valence electrons. The van der Waals surface area contributed by atoms with Crippen LogP contribution in [0.25, 0.3) is 11.1 Å². The lowest BCUT2D eigenvalue weighted by Gasteiger charge is -2.06. The van der Waals surface area contributed by atoms with Crippen molar-refractivity contribution in [3.63, 3.8) is 0 Å². The van der Waals surface area contributed by atoms with Crippen molar-refractivity contribution in [1.82, 2.24) is 9.97 Å². The van der Waals surface area contributed by atoms with Crippen molar-refractivity contribution in [3.05, 3.63) is 42.4 Å². The summed E-state index contributed by atoms with van der Waals surface area (Å²) in [5, 5.41) is 8.80. The SMILES string of the molecule is O=C(O)Cc1cncc(-c2ccc(OC3CC3)nc2)c1. The molecule has 1 aliphatic carbocycles. The monoisotopic (exact) mass is 270 g/mol. The van der Waals surface area contributed by atoms with E-state index >= 15 is 0 Å². The van der Waals surface area contributed by atoms with E-state index in [1.54, 1.807) is 18.6 Å². The van der Waals surface area contributed by atoms with E-state index in [-0.39, 0.29) is 6.42 Å². The molecule has 0 unspecified atom stereocenters. The van der Waals surface area contributed by atoms with Crippen LogP contribution in [-0.2, 0) is 11.2 Å². The van der Waals surface area contributed by atoms with Crippen LogP contribution in [0.4, 0.5) is 0 Å². The van der Waals surface area contributed by atoms with Crippen molar-refractivity contribution in [2.45, 2.75) is 25.4 Å². The summed E-state index contributed by atoms with van der Waals surface area (Å²) in [6.45, 7) is 0. The molecule has 1 N–H and O–H groups in total. The maximum atomic E-state index is 10.7. The molecule has 2 heterocycles. The number of hydrogen-bond acceptors (Lipinski definition) is 4. The molecule has 5 nitrogen and oxygen atoms in total. The average Bonchev–Trinajstić information content (AvgIpc) is 3.23. The molecular formula is C15H14N2O3. The number of pyridine rings is 2. The minimum absolute atomic E-state index is 0.0306. The van der Waals surface area contributed by atoms with E-state index in [4.69, 9.17) is 9.84 Å². The van der Waals surface area contributed by atoms with Crippen LogP contribution < -0.4 is 4.74 Å². The van der Waals surface area contributed by atoms with Crippen LogP contribution in [-0.4, -0.2) is 27.1 Å². The molecule has 0 atom stereocenters. The van der Waals surface area contributed by atoms with E-state index in [1.165, 1.54) is 0 Å². The molecule has 0 radical (unpaired) electrons. The maximum Gasteiger partial charge on any atom is 0.307 e. The molecule has 3 rings (SSSR count). The van der Waals surface area contributed by atoms with Gasteiger partial charge < -0.3 is 9.84 Å². The summed E-state index contributed by atoms with van der Waals surface area (Å²) >= 11 is 0. The molecule has 0 aromatic carbocycles. The third-order valence-electron chi connectivity index (χ3n) is 3.03. The molecular weight excluding hydrogens is 256 g/mol. The van der Waals surface area contributed by atoms with Crippen molar-refractivity contribution in [1.29, 1.82) is 0 Å². The number of nitrogens with zero attached hydrogens (tertiary/aromatic N) is 2. The summed E-state index contributed by atoms with van der Waals surface area (Å²) in [6.07, 6.45) is 7.49. The second kappa shape index (κ2) is 5.28. The quantitative estimate of drug-likeness (QED) is 0.902. The molecule has 2 aromatic rings. The third-order valence-corrected chi connectivity index (χ3v) is 3.03. The molecule has 5 heteroatoms. The zero-order valence-electron chi connectivity index (χ0n) is 10.8. The fourth-order valence-corrected chi connectivity index (χ4v) is 1.89. The summed E-state index contributed by atoms with van der Waals surface area (Å²) in [5.74, 6) is -0.235. The van der Waals surface area contributed by atoms with E-state index in [0.717, 1.165) is 24.0 Å². The first-order valence-corrected chi connectivity index (χ1v) is 6.49. The number of aromatic nitrogens is 2. The van der Waals surface area contributed by atoms with Crippen molar-refractivity contribution < 1.29 is 14.6 Å². The highest BCUT2D eigenvalue weighted by molar-refractivity contribution is 5.71. The minimum Gasteiger partial charge on any atom is -0.481 e. The number of carboxylic acids is 1. The first-order valence-electron chi connectivity index (χ1n) is 6.49. The Morgan fingerprint density at radius 3 is 2.75 bits per heavy atom. The first-order chi connectivity index (χ1) is 9.70. The molecule has 0 spiro atoms. The smallest absolute Gasteiger partial charge is 0.307 e. The van der Waals surface area contributed by atoms with Gasteiger partial charge in [-0.2, -0.15) is 0 Å². The van der Waals surface area contributed by atoms with Crippen molar-refractivity contribution in [3.8, 4) is 17.0 Å². The highest BCUT2D eigenvalue weighted by Gasteiger charge is 2.23. The van der Waals surface area contributed by atoms with Gasteiger partial charge in [0, 0.05) is 35.8 Å². The Morgan fingerprint density at radius 2 is 2.10 bits per heavy atom. The molecule has 1 saturated carbocycles. The van der Waals surface area contributed by atoms with Crippen LogP contribution in [0.5, 0.6) is 5.88 Å².